The molecule has 1 aromatic carbocycles. The van der Waals surface area contributed by atoms with E-state index in [9.17, 15) is 4.79 Å². The van der Waals surface area contributed by atoms with Crippen LogP contribution in [0.3, 0.4) is 0 Å². The number of likely N-dealkylation sites (N-methyl/N-ethyl adjacent to an activating group) is 1. The summed E-state index contributed by atoms with van der Waals surface area (Å²) in [7, 11) is 1.80. The summed E-state index contributed by atoms with van der Waals surface area (Å²) in [5, 5.41) is 6.27. The summed E-state index contributed by atoms with van der Waals surface area (Å²) in [5.74, 6) is 0.780. The lowest BCUT2D eigenvalue weighted by Crippen LogP contribution is -2.26. The van der Waals surface area contributed by atoms with Crippen LogP contribution in [0, 0.1) is 0 Å². The maximum absolute atomic E-state index is 11.8. The first kappa shape index (κ1) is 12.3. The van der Waals surface area contributed by atoms with Crippen molar-refractivity contribution in [2.45, 2.75) is 18.8 Å². The first-order chi connectivity index (χ1) is 8.31. The van der Waals surface area contributed by atoms with E-state index in [-0.39, 0.29) is 5.78 Å². The van der Waals surface area contributed by atoms with Gasteiger partial charge in [0.05, 0.1) is 6.54 Å². The molecule has 1 fully saturated rings. The van der Waals surface area contributed by atoms with E-state index in [1.54, 1.807) is 7.05 Å². The lowest BCUT2D eigenvalue weighted by Gasteiger charge is -2.23. The van der Waals surface area contributed by atoms with Gasteiger partial charge in [-0.25, -0.2) is 0 Å². The van der Waals surface area contributed by atoms with Crippen LogP contribution in [0.15, 0.2) is 24.3 Å². The molecule has 17 heavy (non-hydrogen) atoms. The molecule has 1 aliphatic rings. The molecule has 2 rings (SSSR count). The van der Waals surface area contributed by atoms with Crippen LogP contribution in [-0.4, -0.2) is 32.5 Å². The quantitative estimate of drug-likeness (QED) is 0.774. The van der Waals surface area contributed by atoms with Gasteiger partial charge in [0.2, 0.25) is 0 Å². The molecule has 0 aromatic heterocycles. The van der Waals surface area contributed by atoms with Gasteiger partial charge in [-0.15, -0.1) is 0 Å². The van der Waals surface area contributed by atoms with Gasteiger partial charge in [-0.2, -0.15) is 0 Å². The Balaban J connectivity index is 2.12. The fraction of sp³-hybridized carbons (Fsp3) is 0.500. The van der Waals surface area contributed by atoms with E-state index in [0.29, 0.717) is 12.5 Å². The summed E-state index contributed by atoms with van der Waals surface area (Å²) in [6.45, 7) is 2.58. The third kappa shape index (κ3) is 3.14. The molecule has 0 atom stereocenters. The summed E-state index contributed by atoms with van der Waals surface area (Å²) >= 11 is 0. The third-order valence-electron chi connectivity index (χ3n) is 3.36. The highest BCUT2D eigenvalue weighted by molar-refractivity contribution is 5.97. The minimum atomic E-state index is 0.170. The number of ketones is 1. The van der Waals surface area contributed by atoms with Gasteiger partial charge in [-0.1, -0.05) is 18.2 Å². The Morgan fingerprint density at radius 1 is 1.41 bits per heavy atom. The molecule has 3 heteroatoms. The monoisotopic (exact) mass is 232 g/mol. The fourth-order valence-corrected chi connectivity index (χ4v) is 2.38. The average molecular weight is 232 g/mol. The predicted octanol–water partition coefficient (Wildman–Crippen LogP) is 1.56. The van der Waals surface area contributed by atoms with Crippen molar-refractivity contribution in [1.82, 2.24) is 10.6 Å². The molecule has 1 heterocycles. The molecule has 3 nitrogen and oxygen atoms in total. The minimum absolute atomic E-state index is 0.170. The van der Waals surface area contributed by atoms with Crippen molar-refractivity contribution in [3.05, 3.63) is 35.4 Å². The Kier molecular flexibility index (Phi) is 4.29. The second-order valence-electron chi connectivity index (χ2n) is 4.60. The average Bonchev–Trinajstić information content (AvgIpc) is 2.40. The van der Waals surface area contributed by atoms with Crippen molar-refractivity contribution in [2.24, 2.45) is 0 Å². The molecular weight excluding hydrogens is 212 g/mol. The topological polar surface area (TPSA) is 41.1 Å². The highest BCUT2D eigenvalue weighted by Gasteiger charge is 2.16. The van der Waals surface area contributed by atoms with Gasteiger partial charge in [0, 0.05) is 5.56 Å². The largest absolute Gasteiger partial charge is 0.317 e. The Labute approximate surface area is 103 Å². The van der Waals surface area contributed by atoms with E-state index in [1.165, 1.54) is 18.4 Å². The number of carbonyl (C=O) groups is 1. The maximum atomic E-state index is 11.8. The lowest BCUT2D eigenvalue weighted by molar-refractivity contribution is 0.0993. The highest BCUT2D eigenvalue weighted by Crippen LogP contribution is 2.25. The standard InChI is InChI=1S/C14H20N2O/c1-15-10-14(17)13-4-2-3-12(9-13)11-5-7-16-8-6-11/h2-4,9,11,15-16H,5-8,10H2,1H3. The van der Waals surface area contributed by atoms with E-state index >= 15 is 0 Å². The summed E-state index contributed by atoms with van der Waals surface area (Å²) < 4.78 is 0. The van der Waals surface area contributed by atoms with Crippen molar-refractivity contribution in [2.75, 3.05) is 26.7 Å². The molecular formula is C14H20N2O. The number of nitrogens with one attached hydrogen (secondary N) is 2. The van der Waals surface area contributed by atoms with Crippen LogP contribution in [-0.2, 0) is 0 Å². The van der Waals surface area contributed by atoms with Crippen LogP contribution in [0.25, 0.3) is 0 Å². The molecule has 0 saturated carbocycles. The van der Waals surface area contributed by atoms with Gasteiger partial charge in [-0.05, 0) is 50.5 Å². The zero-order chi connectivity index (χ0) is 12.1. The van der Waals surface area contributed by atoms with Crippen LogP contribution >= 0.6 is 0 Å². The normalized spacial score (nSPS) is 17.0. The fourth-order valence-electron chi connectivity index (χ4n) is 2.38. The molecule has 0 radical (unpaired) electrons. The number of rotatable bonds is 4. The van der Waals surface area contributed by atoms with Crippen molar-refractivity contribution in [3.8, 4) is 0 Å². The second kappa shape index (κ2) is 5.94. The number of carbonyl (C=O) groups excluding carboxylic acids is 1. The minimum Gasteiger partial charge on any atom is -0.317 e. The van der Waals surface area contributed by atoms with Crippen LogP contribution in [0.2, 0.25) is 0 Å². The Bertz CT molecular complexity index is 384. The third-order valence-corrected chi connectivity index (χ3v) is 3.36. The van der Waals surface area contributed by atoms with E-state index in [1.807, 2.05) is 12.1 Å². The molecule has 92 valence electrons. The molecule has 0 bridgehead atoms. The summed E-state index contributed by atoms with van der Waals surface area (Å²) in [4.78, 5) is 11.8. The summed E-state index contributed by atoms with van der Waals surface area (Å²) in [5.41, 5.74) is 2.14. The van der Waals surface area contributed by atoms with Crippen molar-refractivity contribution in [1.29, 1.82) is 0 Å². The molecule has 1 aliphatic heterocycles. The first-order valence-electron chi connectivity index (χ1n) is 6.29. The van der Waals surface area contributed by atoms with Crippen molar-refractivity contribution < 1.29 is 4.79 Å². The Hall–Kier alpha value is -1.19. The lowest BCUT2D eigenvalue weighted by atomic mass is 9.89. The van der Waals surface area contributed by atoms with E-state index in [2.05, 4.69) is 22.8 Å². The first-order valence-corrected chi connectivity index (χ1v) is 6.29. The summed E-state index contributed by atoms with van der Waals surface area (Å²) in [6.07, 6.45) is 2.34. The number of piperidine rings is 1. The molecule has 0 amide bonds. The van der Waals surface area contributed by atoms with E-state index in [0.717, 1.165) is 18.7 Å². The summed E-state index contributed by atoms with van der Waals surface area (Å²) in [6, 6.07) is 8.12. The van der Waals surface area contributed by atoms with Crippen LogP contribution < -0.4 is 10.6 Å². The van der Waals surface area contributed by atoms with Crippen molar-refractivity contribution >= 4 is 5.78 Å². The van der Waals surface area contributed by atoms with Gasteiger partial charge in [0.25, 0.3) is 0 Å². The molecule has 2 N–H and O–H groups in total. The number of Topliss-reactive ketones (excluding diaryl/α,β-unsaturated/α-hetero) is 1. The zero-order valence-corrected chi connectivity index (χ0v) is 10.3. The van der Waals surface area contributed by atoms with Crippen LogP contribution in [0.5, 0.6) is 0 Å². The van der Waals surface area contributed by atoms with Gasteiger partial charge >= 0.3 is 0 Å². The molecule has 0 unspecified atom stereocenters. The van der Waals surface area contributed by atoms with Crippen LogP contribution in [0.1, 0.15) is 34.7 Å². The number of hydrogen-bond donors (Lipinski definition) is 2. The van der Waals surface area contributed by atoms with E-state index in [4.69, 9.17) is 0 Å². The molecule has 0 aliphatic carbocycles. The SMILES string of the molecule is CNCC(=O)c1cccc(C2CCNCC2)c1. The Morgan fingerprint density at radius 2 is 2.18 bits per heavy atom. The number of hydrogen-bond acceptors (Lipinski definition) is 3. The number of benzene rings is 1. The van der Waals surface area contributed by atoms with Crippen molar-refractivity contribution in [3.63, 3.8) is 0 Å². The highest BCUT2D eigenvalue weighted by atomic mass is 16.1. The predicted molar refractivity (Wildman–Crippen MR) is 69.5 cm³/mol. The van der Waals surface area contributed by atoms with Gasteiger partial charge in [0.15, 0.2) is 5.78 Å². The molecule has 1 aromatic rings. The second-order valence-corrected chi connectivity index (χ2v) is 4.60. The van der Waals surface area contributed by atoms with Gasteiger partial charge < -0.3 is 10.6 Å². The maximum Gasteiger partial charge on any atom is 0.176 e. The van der Waals surface area contributed by atoms with Crippen LogP contribution in [0.4, 0.5) is 0 Å². The van der Waals surface area contributed by atoms with Gasteiger partial charge in [-0.3, -0.25) is 4.79 Å². The zero-order valence-electron chi connectivity index (χ0n) is 10.3. The smallest absolute Gasteiger partial charge is 0.176 e. The molecule has 1 saturated heterocycles. The molecule has 0 spiro atoms. The van der Waals surface area contributed by atoms with E-state index < -0.39 is 0 Å². The van der Waals surface area contributed by atoms with Gasteiger partial charge in [0.1, 0.15) is 0 Å². The Morgan fingerprint density at radius 3 is 2.88 bits per heavy atom.